The summed E-state index contributed by atoms with van der Waals surface area (Å²) in [7, 11) is 0. The Bertz CT molecular complexity index is 2690. The second kappa shape index (κ2) is 20.7. The molecule has 5 nitrogen and oxygen atoms in total. The highest BCUT2D eigenvalue weighted by Crippen LogP contribution is 2.47. The third kappa shape index (κ3) is 9.29. The fraction of sp³-hybridized carbons (Fsp3) is 0.281. The van der Waals surface area contributed by atoms with E-state index < -0.39 is 0 Å². The van der Waals surface area contributed by atoms with E-state index >= 15 is 0 Å². The molecule has 62 heavy (non-hydrogen) atoms. The van der Waals surface area contributed by atoms with Gasteiger partial charge >= 0.3 is 0 Å². The summed E-state index contributed by atoms with van der Waals surface area (Å²) >= 11 is 0. The van der Waals surface area contributed by atoms with Gasteiger partial charge in [0.2, 0.25) is 0 Å². The highest BCUT2D eigenvalue weighted by Gasteiger charge is 2.27. The predicted octanol–water partition coefficient (Wildman–Crippen LogP) is 15.1. The number of nitrogens with zero attached hydrogens (tertiary/aromatic N) is 4. The largest absolute Gasteiger partial charge is 0.363 e. The zero-order valence-corrected chi connectivity index (χ0v) is 36.4. The van der Waals surface area contributed by atoms with Gasteiger partial charge in [-0.2, -0.15) is 5.26 Å². The van der Waals surface area contributed by atoms with Gasteiger partial charge in [-0.05, 0) is 161 Å². The minimum absolute atomic E-state index is 0.415. The van der Waals surface area contributed by atoms with Crippen molar-refractivity contribution in [2.45, 2.75) is 90.5 Å². The Morgan fingerprint density at radius 1 is 0.790 bits per heavy atom. The van der Waals surface area contributed by atoms with E-state index in [4.69, 9.17) is 0 Å². The summed E-state index contributed by atoms with van der Waals surface area (Å²) in [5.74, 6) is 0.920. The number of benzene rings is 6. The van der Waals surface area contributed by atoms with Gasteiger partial charge < -0.3 is 9.80 Å². The van der Waals surface area contributed by atoms with Crippen LogP contribution in [0.2, 0.25) is 0 Å². The van der Waals surface area contributed by atoms with Gasteiger partial charge in [0.05, 0.1) is 11.8 Å². The summed E-state index contributed by atoms with van der Waals surface area (Å²) in [6.07, 6.45) is 28.4. The van der Waals surface area contributed by atoms with E-state index in [1.54, 1.807) is 0 Å². The average Bonchev–Trinajstić information content (AvgIpc) is 3.33. The van der Waals surface area contributed by atoms with Gasteiger partial charge in [-0.1, -0.05) is 118 Å². The monoisotopic (exact) mass is 814 g/mol. The molecule has 2 saturated carbocycles. The first-order chi connectivity index (χ1) is 30.5. The quantitative estimate of drug-likeness (QED) is 0.0504. The standard InChI is InChI=1S/C55H56N4O.C2H2/c1-4-40(37-56)18-16-34-58(47-25-15-17-39(3)35-47)38-43-26-31-50-52(42-21-11-7-12-22-42)36-53(59(45-23-13-8-14-24-45)46-29-27-44(57-60)28-30-46)51-33-32-49(54(43)55(50)51)48(5-2)41-19-9-6-10-20-41;1-2/h4-5,8,13-18,23-33,35-36,41-42H,2,6-7,9-12,19-22,34,38H2,1,3H3;1-2H/b18-16-,40-4+,49-48+;. The van der Waals surface area contributed by atoms with Crippen LogP contribution in [0.25, 0.3) is 27.1 Å². The number of aryl methyl sites for hydroxylation is 1. The van der Waals surface area contributed by atoms with Crippen molar-refractivity contribution < 1.29 is 0 Å². The van der Waals surface area contributed by atoms with Crippen molar-refractivity contribution in [1.29, 1.82) is 5.26 Å². The Balaban J connectivity index is 0.00000285. The lowest BCUT2D eigenvalue weighted by atomic mass is 9.78. The third-order valence-electron chi connectivity index (χ3n) is 13.0. The molecule has 0 bridgehead atoms. The molecule has 6 aromatic rings. The second-order valence-corrected chi connectivity index (χ2v) is 16.8. The molecule has 0 spiro atoms. The molecule has 0 aromatic heterocycles. The molecule has 0 saturated heterocycles. The SMILES string of the molecule is C#C.C=C/C(=c1/ccc2c(N(c3ccccc3)c3ccc(N=O)cc3)cc(C3CCCCC3)c3ccc(CN(C/C=C\C(C#N)=C/C)c4cccc(C)c4)c1c32)C1CCCCC1. The Kier molecular flexibility index (Phi) is 14.5. The number of anilines is 4. The van der Waals surface area contributed by atoms with E-state index in [0.29, 0.717) is 36.2 Å². The lowest BCUT2D eigenvalue weighted by molar-refractivity contribution is 0.429. The molecule has 2 aliphatic rings. The summed E-state index contributed by atoms with van der Waals surface area (Å²) in [5.41, 5.74) is 10.7. The highest BCUT2D eigenvalue weighted by molar-refractivity contribution is 6.18. The van der Waals surface area contributed by atoms with E-state index in [1.807, 2.05) is 43.3 Å². The van der Waals surface area contributed by atoms with Crippen molar-refractivity contribution >= 4 is 55.6 Å². The van der Waals surface area contributed by atoms with Gasteiger partial charge in [0.1, 0.15) is 5.69 Å². The number of hydrogen-bond acceptors (Lipinski definition) is 5. The van der Waals surface area contributed by atoms with Gasteiger partial charge in [0.25, 0.3) is 0 Å². The first-order valence-corrected chi connectivity index (χ1v) is 22.3. The fourth-order valence-electron chi connectivity index (χ4n) is 10.0. The van der Waals surface area contributed by atoms with E-state index in [2.05, 4.69) is 144 Å². The fourth-order valence-corrected chi connectivity index (χ4v) is 10.0. The number of hydrogen-bond donors (Lipinski definition) is 0. The summed E-state index contributed by atoms with van der Waals surface area (Å²) in [6.45, 7) is 9.91. The Morgan fingerprint density at radius 3 is 2.13 bits per heavy atom. The van der Waals surface area contributed by atoms with E-state index in [1.165, 1.54) is 113 Å². The summed E-state index contributed by atoms with van der Waals surface area (Å²) < 4.78 is 0. The topological polar surface area (TPSA) is 59.7 Å². The molecule has 0 radical (unpaired) electrons. The number of nitriles is 1. The summed E-state index contributed by atoms with van der Waals surface area (Å²) in [4.78, 5) is 16.4. The summed E-state index contributed by atoms with van der Waals surface area (Å²) in [5, 5.41) is 19.4. The van der Waals surface area contributed by atoms with Crippen LogP contribution in [0.5, 0.6) is 0 Å². The molecule has 2 aliphatic carbocycles. The lowest BCUT2D eigenvalue weighted by Gasteiger charge is -2.32. The van der Waals surface area contributed by atoms with Crippen LogP contribution >= 0.6 is 0 Å². The second-order valence-electron chi connectivity index (χ2n) is 16.8. The smallest absolute Gasteiger partial charge is 0.108 e. The number of rotatable bonds is 13. The molecular formula is C57H58N4O. The van der Waals surface area contributed by atoms with Crippen molar-refractivity contribution in [3.8, 4) is 18.9 Å². The number of terminal acetylenes is 1. The molecule has 8 rings (SSSR count). The highest BCUT2D eigenvalue weighted by atomic mass is 16.3. The van der Waals surface area contributed by atoms with E-state index in [9.17, 15) is 10.2 Å². The minimum Gasteiger partial charge on any atom is -0.363 e. The normalized spacial score (nSPS) is 15.4. The van der Waals surface area contributed by atoms with E-state index in [-0.39, 0.29) is 0 Å². The van der Waals surface area contributed by atoms with Crippen molar-refractivity contribution in [2.24, 2.45) is 11.1 Å². The molecule has 0 heterocycles. The predicted molar refractivity (Wildman–Crippen MR) is 263 cm³/mol. The third-order valence-corrected chi connectivity index (χ3v) is 13.0. The van der Waals surface area contributed by atoms with Crippen molar-refractivity contribution in [3.63, 3.8) is 0 Å². The first kappa shape index (κ1) is 43.4. The number of allylic oxidation sites excluding steroid dienone is 4. The van der Waals surface area contributed by atoms with Crippen LogP contribution in [0.15, 0.2) is 151 Å². The van der Waals surface area contributed by atoms with Crippen LogP contribution in [0.4, 0.5) is 28.4 Å². The lowest BCUT2D eigenvalue weighted by Crippen LogP contribution is -2.25. The van der Waals surface area contributed by atoms with Gasteiger partial charge in [-0.15, -0.1) is 17.8 Å². The van der Waals surface area contributed by atoms with Crippen LogP contribution in [0.1, 0.15) is 93.7 Å². The molecule has 0 amide bonds. The number of nitroso groups, excluding NO2 is 1. The number of para-hydroxylation sites is 1. The molecule has 0 atom stereocenters. The maximum atomic E-state index is 11.6. The van der Waals surface area contributed by atoms with Gasteiger partial charge in [-0.25, -0.2) is 0 Å². The molecular weight excluding hydrogens is 757 g/mol. The van der Waals surface area contributed by atoms with Gasteiger partial charge in [-0.3, -0.25) is 0 Å². The molecule has 2 fully saturated rings. The maximum Gasteiger partial charge on any atom is 0.108 e. The molecule has 312 valence electrons. The minimum atomic E-state index is 0.415. The van der Waals surface area contributed by atoms with Crippen LogP contribution < -0.4 is 15.0 Å². The molecule has 0 unspecified atom stereocenters. The molecule has 0 N–H and O–H groups in total. The van der Waals surface area contributed by atoms with Crippen LogP contribution in [-0.2, 0) is 6.54 Å². The Labute approximate surface area is 368 Å². The average molecular weight is 815 g/mol. The molecule has 6 aromatic carbocycles. The van der Waals surface area contributed by atoms with E-state index in [0.717, 1.165) is 22.7 Å². The maximum absolute atomic E-state index is 11.6. The van der Waals surface area contributed by atoms with Crippen LogP contribution in [0.3, 0.4) is 0 Å². The van der Waals surface area contributed by atoms with Crippen molar-refractivity contribution in [1.82, 2.24) is 0 Å². The zero-order chi connectivity index (χ0) is 43.4. The molecule has 5 heteroatoms. The summed E-state index contributed by atoms with van der Waals surface area (Å²) in [6, 6.07) is 41.5. The van der Waals surface area contributed by atoms with Crippen LogP contribution in [-0.4, -0.2) is 6.54 Å². The van der Waals surface area contributed by atoms with Gasteiger partial charge in [0, 0.05) is 41.1 Å². The van der Waals surface area contributed by atoms with Gasteiger partial charge in [0.15, 0.2) is 0 Å². The zero-order valence-electron chi connectivity index (χ0n) is 36.4. The Hall–Kier alpha value is -6.69. The Morgan fingerprint density at radius 2 is 1.47 bits per heavy atom. The first-order valence-electron chi connectivity index (χ1n) is 22.3. The molecule has 0 aliphatic heterocycles. The van der Waals surface area contributed by atoms with Crippen molar-refractivity contribution in [2.75, 3.05) is 16.3 Å². The van der Waals surface area contributed by atoms with Crippen molar-refractivity contribution in [3.05, 3.63) is 172 Å². The van der Waals surface area contributed by atoms with Crippen LogP contribution in [0, 0.1) is 41.9 Å².